The van der Waals surface area contributed by atoms with E-state index in [1.165, 1.54) is 11.1 Å². The van der Waals surface area contributed by atoms with Gasteiger partial charge in [0.15, 0.2) is 0 Å². The Balaban J connectivity index is 2.46. The van der Waals surface area contributed by atoms with E-state index in [-0.39, 0.29) is 6.04 Å². The Bertz CT molecular complexity index is 267. The molecule has 0 saturated heterocycles. The molecule has 1 aliphatic rings. The highest BCUT2D eigenvalue weighted by molar-refractivity contribution is 6.30. The summed E-state index contributed by atoms with van der Waals surface area (Å²) in [5.41, 5.74) is 8.32. The van der Waals surface area contributed by atoms with Gasteiger partial charge in [0, 0.05) is 12.2 Å². The maximum absolute atomic E-state index is 5.91. The van der Waals surface area contributed by atoms with Crippen LogP contribution in [0.25, 0.3) is 0 Å². The van der Waals surface area contributed by atoms with Gasteiger partial charge in [-0.25, -0.2) is 0 Å². The summed E-state index contributed by atoms with van der Waals surface area (Å²) < 4.78 is 0. The zero-order chi connectivity index (χ0) is 7.84. The first-order chi connectivity index (χ1) is 5.29. The predicted octanol–water partition coefficient (Wildman–Crippen LogP) is 2.00. The molecule has 0 bridgehead atoms. The summed E-state index contributed by atoms with van der Waals surface area (Å²) in [7, 11) is 0. The van der Waals surface area contributed by atoms with Crippen molar-refractivity contribution in [3.05, 3.63) is 22.5 Å². The molecule has 1 heterocycles. The van der Waals surface area contributed by atoms with Gasteiger partial charge in [-0.05, 0) is 30.4 Å². The molecule has 0 aliphatic heterocycles. The van der Waals surface area contributed by atoms with Gasteiger partial charge in [-0.2, -0.15) is 0 Å². The summed E-state index contributed by atoms with van der Waals surface area (Å²) in [5.74, 6) is 0. The number of hydrogen-bond donors (Lipinski definition) is 2. The van der Waals surface area contributed by atoms with E-state index < -0.39 is 0 Å². The van der Waals surface area contributed by atoms with Crippen molar-refractivity contribution < 1.29 is 0 Å². The van der Waals surface area contributed by atoms with Crippen molar-refractivity contribution in [3.63, 3.8) is 0 Å². The lowest BCUT2D eigenvalue weighted by molar-refractivity contribution is 0.574. The minimum atomic E-state index is 0.197. The van der Waals surface area contributed by atoms with Gasteiger partial charge in [0.25, 0.3) is 0 Å². The lowest BCUT2D eigenvalue weighted by atomic mass is 9.92. The lowest BCUT2D eigenvalue weighted by Gasteiger charge is -2.17. The zero-order valence-electron chi connectivity index (χ0n) is 6.23. The Morgan fingerprint density at radius 3 is 3.18 bits per heavy atom. The van der Waals surface area contributed by atoms with Gasteiger partial charge in [0.2, 0.25) is 0 Å². The highest BCUT2D eigenvalue weighted by Gasteiger charge is 2.19. The first kappa shape index (κ1) is 7.19. The summed E-state index contributed by atoms with van der Waals surface area (Å²) in [5, 5.41) is 0.773. The first-order valence-corrected chi connectivity index (χ1v) is 4.28. The number of rotatable bonds is 0. The second-order valence-corrected chi connectivity index (χ2v) is 3.41. The predicted molar refractivity (Wildman–Crippen MR) is 45.7 cm³/mol. The fourth-order valence-corrected chi connectivity index (χ4v) is 1.94. The molecule has 3 N–H and O–H groups in total. The molecular formula is C8H11ClN2. The van der Waals surface area contributed by atoms with E-state index in [1.54, 1.807) is 0 Å². The van der Waals surface area contributed by atoms with Crippen LogP contribution in [-0.2, 0) is 6.42 Å². The average Bonchev–Trinajstić information content (AvgIpc) is 2.35. The Morgan fingerprint density at radius 1 is 1.64 bits per heavy atom. The standard InChI is InChI=1S/C8H11ClN2/c9-8-5-2-1-3-7(10)6(5)4-11-8/h4,7,11H,1-3,10H2. The molecule has 1 aliphatic carbocycles. The number of aromatic amines is 1. The molecule has 2 nitrogen and oxygen atoms in total. The van der Waals surface area contributed by atoms with E-state index in [2.05, 4.69) is 4.98 Å². The first-order valence-electron chi connectivity index (χ1n) is 3.90. The third kappa shape index (κ3) is 1.06. The van der Waals surface area contributed by atoms with E-state index in [0.29, 0.717) is 0 Å². The highest BCUT2D eigenvalue weighted by atomic mass is 35.5. The van der Waals surface area contributed by atoms with E-state index in [0.717, 1.165) is 24.4 Å². The van der Waals surface area contributed by atoms with Crippen molar-refractivity contribution in [1.29, 1.82) is 0 Å². The fourth-order valence-electron chi connectivity index (χ4n) is 1.68. The molecular weight excluding hydrogens is 160 g/mol. The SMILES string of the molecule is NC1CCCc2c1c[nH]c2Cl. The Kier molecular flexibility index (Phi) is 1.66. The molecule has 0 spiro atoms. The number of nitrogens with two attached hydrogens (primary N) is 1. The smallest absolute Gasteiger partial charge is 0.109 e. The zero-order valence-corrected chi connectivity index (χ0v) is 6.99. The second kappa shape index (κ2) is 2.54. The number of hydrogen-bond acceptors (Lipinski definition) is 1. The molecule has 1 aromatic rings. The topological polar surface area (TPSA) is 41.8 Å². The molecule has 0 fully saturated rings. The number of halogens is 1. The quantitative estimate of drug-likeness (QED) is 0.615. The van der Waals surface area contributed by atoms with Gasteiger partial charge in [0.1, 0.15) is 5.15 Å². The molecule has 2 rings (SSSR count). The van der Waals surface area contributed by atoms with E-state index >= 15 is 0 Å². The van der Waals surface area contributed by atoms with Crippen LogP contribution in [0.1, 0.15) is 30.0 Å². The lowest BCUT2D eigenvalue weighted by Crippen LogP contribution is -2.15. The van der Waals surface area contributed by atoms with Gasteiger partial charge in [-0.1, -0.05) is 11.6 Å². The molecule has 0 amide bonds. The number of aromatic nitrogens is 1. The molecule has 1 aromatic heterocycles. The summed E-state index contributed by atoms with van der Waals surface area (Å²) in [6.07, 6.45) is 5.25. The van der Waals surface area contributed by atoms with Crippen LogP contribution in [0, 0.1) is 0 Å². The summed E-state index contributed by atoms with van der Waals surface area (Å²) >= 11 is 5.91. The molecule has 1 unspecified atom stereocenters. The number of fused-ring (bicyclic) bond motifs is 1. The fraction of sp³-hybridized carbons (Fsp3) is 0.500. The van der Waals surface area contributed by atoms with Gasteiger partial charge in [-0.3, -0.25) is 0 Å². The van der Waals surface area contributed by atoms with Crippen LogP contribution in [0.15, 0.2) is 6.20 Å². The van der Waals surface area contributed by atoms with Crippen LogP contribution in [0.3, 0.4) is 0 Å². The summed E-state index contributed by atoms with van der Waals surface area (Å²) in [6.45, 7) is 0. The normalized spacial score (nSPS) is 23.3. The second-order valence-electron chi connectivity index (χ2n) is 3.04. The summed E-state index contributed by atoms with van der Waals surface area (Å²) in [4.78, 5) is 2.99. The minimum absolute atomic E-state index is 0.197. The van der Waals surface area contributed by atoms with Crippen molar-refractivity contribution in [1.82, 2.24) is 4.98 Å². The van der Waals surface area contributed by atoms with Crippen molar-refractivity contribution in [3.8, 4) is 0 Å². The van der Waals surface area contributed by atoms with Crippen molar-refractivity contribution in [2.24, 2.45) is 5.73 Å². The number of nitrogens with one attached hydrogen (secondary N) is 1. The minimum Gasteiger partial charge on any atom is -0.352 e. The van der Waals surface area contributed by atoms with Crippen molar-refractivity contribution in [2.75, 3.05) is 0 Å². The van der Waals surface area contributed by atoms with Crippen molar-refractivity contribution >= 4 is 11.6 Å². The molecule has 3 heteroatoms. The monoisotopic (exact) mass is 170 g/mol. The van der Waals surface area contributed by atoms with Crippen LogP contribution < -0.4 is 5.73 Å². The largest absolute Gasteiger partial charge is 0.352 e. The number of H-pyrrole nitrogens is 1. The van der Waals surface area contributed by atoms with Gasteiger partial charge in [-0.15, -0.1) is 0 Å². The molecule has 1 atom stereocenters. The highest BCUT2D eigenvalue weighted by Crippen LogP contribution is 2.31. The third-order valence-electron chi connectivity index (χ3n) is 2.31. The van der Waals surface area contributed by atoms with Gasteiger partial charge >= 0.3 is 0 Å². The third-order valence-corrected chi connectivity index (χ3v) is 2.65. The maximum Gasteiger partial charge on any atom is 0.109 e. The summed E-state index contributed by atoms with van der Waals surface area (Å²) in [6, 6.07) is 0.197. The van der Waals surface area contributed by atoms with Gasteiger partial charge in [0.05, 0.1) is 0 Å². The van der Waals surface area contributed by atoms with E-state index in [4.69, 9.17) is 17.3 Å². The average molecular weight is 171 g/mol. The van der Waals surface area contributed by atoms with Crippen LogP contribution in [0.2, 0.25) is 5.15 Å². The molecule has 11 heavy (non-hydrogen) atoms. The van der Waals surface area contributed by atoms with Crippen LogP contribution in [-0.4, -0.2) is 4.98 Å². The van der Waals surface area contributed by atoms with Crippen LogP contribution in [0.4, 0.5) is 0 Å². The molecule has 0 radical (unpaired) electrons. The van der Waals surface area contributed by atoms with Crippen LogP contribution in [0.5, 0.6) is 0 Å². The van der Waals surface area contributed by atoms with E-state index in [1.807, 2.05) is 6.20 Å². The van der Waals surface area contributed by atoms with E-state index in [9.17, 15) is 0 Å². The molecule has 60 valence electrons. The Hall–Kier alpha value is -0.470. The van der Waals surface area contributed by atoms with Crippen LogP contribution >= 0.6 is 11.6 Å². The Labute approximate surface area is 70.7 Å². The Morgan fingerprint density at radius 2 is 2.45 bits per heavy atom. The molecule has 0 aromatic carbocycles. The van der Waals surface area contributed by atoms with Crippen molar-refractivity contribution in [2.45, 2.75) is 25.3 Å². The molecule has 0 saturated carbocycles. The maximum atomic E-state index is 5.91. The van der Waals surface area contributed by atoms with Gasteiger partial charge < -0.3 is 10.7 Å².